The Bertz CT molecular complexity index is 903. The van der Waals surface area contributed by atoms with E-state index in [9.17, 15) is 4.79 Å². The normalized spacial score (nSPS) is 14.7. The molecule has 0 aromatic heterocycles. The molecule has 1 N–H and O–H groups in total. The molecule has 1 amide bonds. The number of aryl methyl sites for hydroxylation is 1. The van der Waals surface area contributed by atoms with Gasteiger partial charge in [-0.05, 0) is 42.3 Å². The fourth-order valence-corrected chi connectivity index (χ4v) is 2.81. The van der Waals surface area contributed by atoms with E-state index in [0.29, 0.717) is 29.5 Å². The molecule has 2 aromatic rings. The SMILES string of the molecule is COc1cccc(CCC2=N/C(=C/c3ccc(OC)cc3OC)C(=O)N2)c1. The van der Waals surface area contributed by atoms with Crippen LogP contribution in [-0.4, -0.2) is 33.1 Å². The predicted molar refractivity (Wildman–Crippen MR) is 104 cm³/mol. The van der Waals surface area contributed by atoms with Crippen LogP contribution < -0.4 is 19.5 Å². The Kier molecular flexibility index (Phi) is 5.76. The van der Waals surface area contributed by atoms with E-state index in [1.54, 1.807) is 33.5 Å². The summed E-state index contributed by atoms with van der Waals surface area (Å²) in [6.07, 6.45) is 3.11. The lowest BCUT2D eigenvalue weighted by Crippen LogP contribution is -2.24. The number of carbonyl (C=O) groups excluding carboxylic acids is 1. The van der Waals surface area contributed by atoms with Gasteiger partial charge in [-0.2, -0.15) is 0 Å². The second-order valence-electron chi connectivity index (χ2n) is 6.00. The number of nitrogens with zero attached hydrogens (tertiary/aromatic N) is 1. The number of amidine groups is 1. The van der Waals surface area contributed by atoms with Gasteiger partial charge < -0.3 is 19.5 Å². The number of hydrogen-bond donors (Lipinski definition) is 1. The molecule has 0 fully saturated rings. The predicted octanol–water partition coefficient (Wildman–Crippen LogP) is 3.21. The Hall–Kier alpha value is -3.28. The molecule has 6 nitrogen and oxygen atoms in total. The van der Waals surface area contributed by atoms with Gasteiger partial charge in [-0.15, -0.1) is 0 Å². The van der Waals surface area contributed by atoms with Gasteiger partial charge in [-0.25, -0.2) is 4.99 Å². The van der Waals surface area contributed by atoms with Crippen molar-refractivity contribution in [2.45, 2.75) is 12.8 Å². The molecule has 0 atom stereocenters. The number of hydrogen-bond acceptors (Lipinski definition) is 5. The summed E-state index contributed by atoms with van der Waals surface area (Å²) >= 11 is 0. The van der Waals surface area contributed by atoms with E-state index in [0.717, 1.165) is 23.3 Å². The van der Waals surface area contributed by atoms with Gasteiger partial charge in [0.1, 0.15) is 28.8 Å². The van der Waals surface area contributed by atoms with Crippen molar-refractivity contribution in [3.8, 4) is 17.2 Å². The zero-order valence-corrected chi connectivity index (χ0v) is 15.6. The van der Waals surface area contributed by atoms with Crippen molar-refractivity contribution >= 4 is 17.8 Å². The van der Waals surface area contributed by atoms with Gasteiger partial charge in [0.2, 0.25) is 0 Å². The third-order valence-corrected chi connectivity index (χ3v) is 4.26. The summed E-state index contributed by atoms with van der Waals surface area (Å²) < 4.78 is 15.8. The third-order valence-electron chi connectivity index (χ3n) is 4.26. The standard InChI is InChI=1S/C21H22N2O4/c1-25-16-6-4-5-14(11-16)7-10-20-22-18(21(24)23-20)12-15-8-9-17(26-2)13-19(15)27-3/h4-6,8-9,11-13H,7,10H2,1-3H3,(H,22,23,24)/b18-12+. The number of nitrogens with one attached hydrogen (secondary N) is 1. The van der Waals surface area contributed by atoms with Crippen LogP contribution in [0.1, 0.15) is 17.5 Å². The van der Waals surface area contributed by atoms with E-state index in [1.807, 2.05) is 36.4 Å². The summed E-state index contributed by atoms with van der Waals surface area (Å²) in [5.74, 6) is 2.56. The minimum absolute atomic E-state index is 0.214. The summed E-state index contributed by atoms with van der Waals surface area (Å²) in [5, 5.41) is 2.83. The van der Waals surface area contributed by atoms with Gasteiger partial charge in [0.15, 0.2) is 0 Å². The first-order chi connectivity index (χ1) is 13.1. The van der Waals surface area contributed by atoms with E-state index >= 15 is 0 Å². The van der Waals surface area contributed by atoms with Crippen LogP contribution in [-0.2, 0) is 11.2 Å². The first kappa shape index (κ1) is 18.5. The van der Waals surface area contributed by atoms with Crippen LogP contribution in [0.25, 0.3) is 6.08 Å². The summed E-state index contributed by atoms with van der Waals surface area (Å²) in [4.78, 5) is 16.7. The van der Waals surface area contributed by atoms with Crippen LogP contribution in [0, 0.1) is 0 Å². The van der Waals surface area contributed by atoms with Crippen molar-refractivity contribution in [3.63, 3.8) is 0 Å². The molecule has 0 aliphatic carbocycles. The molecule has 1 aliphatic rings. The molecule has 0 unspecified atom stereocenters. The molecule has 140 valence electrons. The minimum atomic E-state index is -0.214. The molecule has 0 saturated heterocycles. The molecule has 0 bridgehead atoms. The lowest BCUT2D eigenvalue weighted by atomic mass is 10.1. The molecule has 1 heterocycles. The monoisotopic (exact) mass is 366 g/mol. The van der Waals surface area contributed by atoms with Gasteiger partial charge in [0, 0.05) is 18.1 Å². The zero-order valence-electron chi connectivity index (χ0n) is 15.6. The van der Waals surface area contributed by atoms with Crippen molar-refractivity contribution in [2.75, 3.05) is 21.3 Å². The minimum Gasteiger partial charge on any atom is -0.497 e. The molecule has 0 radical (unpaired) electrons. The maximum absolute atomic E-state index is 12.2. The van der Waals surface area contributed by atoms with Crippen LogP contribution in [0.5, 0.6) is 17.2 Å². The molecule has 3 rings (SSSR count). The first-order valence-corrected chi connectivity index (χ1v) is 8.58. The smallest absolute Gasteiger partial charge is 0.275 e. The number of methoxy groups -OCH3 is 3. The Morgan fingerprint density at radius 3 is 2.48 bits per heavy atom. The first-order valence-electron chi connectivity index (χ1n) is 8.58. The van der Waals surface area contributed by atoms with Gasteiger partial charge in [-0.3, -0.25) is 4.79 Å². The van der Waals surface area contributed by atoms with E-state index in [-0.39, 0.29) is 5.91 Å². The maximum atomic E-state index is 12.2. The van der Waals surface area contributed by atoms with E-state index in [2.05, 4.69) is 10.3 Å². The summed E-state index contributed by atoms with van der Waals surface area (Å²) in [5.41, 5.74) is 2.25. The highest BCUT2D eigenvalue weighted by Gasteiger charge is 2.20. The molecular formula is C21H22N2O4. The Labute approximate surface area is 158 Å². The van der Waals surface area contributed by atoms with Crippen molar-refractivity contribution < 1.29 is 19.0 Å². The highest BCUT2D eigenvalue weighted by atomic mass is 16.5. The van der Waals surface area contributed by atoms with Crippen LogP contribution in [0.3, 0.4) is 0 Å². The number of carbonyl (C=O) groups is 1. The lowest BCUT2D eigenvalue weighted by molar-refractivity contribution is -0.115. The van der Waals surface area contributed by atoms with Gasteiger partial charge in [-0.1, -0.05) is 12.1 Å². The van der Waals surface area contributed by atoms with Crippen molar-refractivity contribution in [2.24, 2.45) is 4.99 Å². The van der Waals surface area contributed by atoms with E-state index in [4.69, 9.17) is 14.2 Å². The summed E-state index contributed by atoms with van der Waals surface area (Å²) in [6, 6.07) is 13.3. The number of benzene rings is 2. The molecule has 6 heteroatoms. The van der Waals surface area contributed by atoms with Gasteiger partial charge in [0.25, 0.3) is 5.91 Å². The topological polar surface area (TPSA) is 69.1 Å². The number of rotatable bonds is 7. The average molecular weight is 366 g/mol. The van der Waals surface area contributed by atoms with Crippen LogP contribution in [0.4, 0.5) is 0 Å². The molecule has 0 spiro atoms. The number of aliphatic imine (C=N–C) groups is 1. The highest BCUT2D eigenvalue weighted by molar-refractivity contribution is 6.14. The van der Waals surface area contributed by atoms with E-state index < -0.39 is 0 Å². The molecular weight excluding hydrogens is 344 g/mol. The number of amides is 1. The van der Waals surface area contributed by atoms with E-state index in [1.165, 1.54) is 0 Å². The quantitative estimate of drug-likeness (QED) is 0.764. The largest absolute Gasteiger partial charge is 0.497 e. The fraction of sp³-hybridized carbons (Fsp3) is 0.238. The van der Waals surface area contributed by atoms with Crippen LogP contribution in [0.2, 0.25) is 0 Å². The summed E-state index contributed by atoms with van der Waals surface area (Å²) in [7, 11) is 4.81. The second kappa shape index (κ2) is 8.40. The Morgan fingerprint density at radius 1 is 0.963 bits per heavy atom. The fourth-order valence-electron chi connectivity index (χ4n) is 2.81. The zero-order chi connectivity index (χ0) is 19.2. The second-order valence-corrected chi connectivity index (χ2v) is 6.00. The third kappa shape index (κ3) is 4.47. The molecule has 0 saturated carbocycles. The van der Waals surface area contributed by atoms with Crippen LogP contribution in [0.15, 0.2) is 53.2 Å². The Balaban J connectivity index is 1.74. The maximum Gasteiger partial charge on any atom is 0.275 e. The van der Waals surface area contributed by atoms with Crippen molar-refractivity contribution in [1.29, 1.82) is 0 Å². The van der Waals surface area contributed by atoms with Gasteiger partial charge in [0.05, 0.1) is 21.3 Å². The molecule has 27 heavy (non-hydrogen) atoms. The van der Waals surface area contributed by atoms with Crippen LogP contribution >= 0.6 is 0 Å². The number of ether oxygens (including phenoxy) is 3. The summed E-state index contributed by atoms with van der Waals surface area (Å²) in [6.45, 7) is 0. The molecule has 2 aromatic carbocycles. The van der Waals surface area contributed by atoms with Crippen molar-refractivity contribution in [3.05, 3.63) is 59.3 Å². The van der Waals surface area contributed by atoms with Gasteiger partial charge >= 0.3 is 0 Å². The highest BCUT2D eigenvalue weighted by Crippen LogP contribution is 2.27. The lowest BCUT2D eigenvalue weighted by Gasteiger charge is -2.07. The molecule has 1 aliphatic heterocycles. The van der Waals surface area contributed by atoms with Crippen molar-refractivity contribution in [1.82, 2.24) is 5.32 Å². The average Bonchev–Trinajstić information content (AvgIpc) is 3.06. The Morgan fingerprint density at radius 2 is 1.74 bits per heavy atom.